The van der Waals surface area contributed by atoms with Gasteiger partial charge in [0.2, 0.25) is 0 Å². The first-order valence-corrected chi connectivity index (χ1v) is 11.6. The number of para-hydroxylation sites is 1. The van der Waals surface area contributed by atoms with Gasteiger partial charge in [0, 0.05) is 31.5 Å². The second kappa shape index (κ2) is 10.2. The molecule has 1 amide bonds. The number of rotatable bonds is 7. The molecule has 1 saturated heterocycles. The zero-order valence-corrected chi connectivity index (χ0v) is 19.2. The van der Waals surface area contributed by atoms with Crippen molar-refractivity contribution in [1.82, 2.24) is 9.88 Å². The van der Waals surface area contributed by atoms with E-state index in [2.05, 4.69) is 65.2 Å². The minimum atomic E-state index is 0.127. The van der Waals surface area contributed by atoms with E-state index in [4.69, 9.17) is 4.98 Å². The van der Waals surface area contributed by atoms with E-state index in [-0.39, 0.29) is 5.91 Å². The van der Waals surface area contributed by atoms with Crippen molar-refractivity contribution in [2.45, 2.75) is 58.8 Å². The highest BCUT2D eigenvalue weighted by Crippen LogP contribution is 2.33. The molecule has 0 bridgehead atoms. The molecule has 156 valence electrons. The number of carbonyl (C=O) groups excluding carboxylic acids is 1. The molecule has 1 aliphatic heterocycles. The Kier molecular flexibility index (Phi) is 7.66. The number of nitrogens with zero attached hydrogens (tertiary/aromatic N) is 3. The molecule has 0 saturated carbocycles. The lowest BCUT2D eigenvalue weighted by Crippen LogP contribution is -2.35. The molecule has 2 aromatic rings. The topological polar surface area (TPSA) is 36.4 Å². The van der Waals surface area contributed by atoms with Gasteiger partial charge < -0.3 is 9.80 Å². The number of pyridine rings is 1. The third-order valence-electron chi connectivity index (χ3n) is 5.86. The van der Waals surface area contributed by atoms with Gasteiger partial charge in [0.25, 0.3) is 5.91 Å². The Bertz CT molecular complexity index is 833. The maximum atomic E-state index is 13.1. The first-order chi connectivity index (χ1) is 14.1. The maximum absolute atomic E-state index is 13.1. The number of hydrogen-bond acceptors (Lipinski definition) is 3. The number of likely N-dealkylation sites (tertiary alicyclic amines) is 1. The van der Waals surface area contributed by atoms with Gasteiger partial charge >= 0.3 is 0 Å². The number of carbonyl (C=O) groups is 1. The monoisotopic (exact) mass is 411 g/mol. The van der Waals surface area contributed by atoms with Crippen LogP contribution in [-0.4, -0.2) is 35.4 Å². The van der Waals surface area contributed by atoms with Crippen LogP contribution < -0.4 is 10.2 Å². The first-order valence-electron chi connectivity index (χ1n) is 11.0. The van der Waals surface area contributed by atoms with Crippen LogP contribution in [0.15, 0.2) is 36.5 Å². The smallest absolute Gasteiger partial charge is 0.255 e. The van der Waals surface area contributed by atoms with Crippen LogP contribution in [0, 0.1) is 0 Å². The Balaban J connectivity index is 2.02. The van der Waals surface area contributed by atoms with Crippen LogP contribution in [0.25, 0.3) is 0 Å². The van der Waals surface area contributed by atoms with Crippen molar-refractivity contribution in [2.75, 3.05) is 24.5 Å². The molecule has 1 aromatic heterocycles. The third kappa shape index (κ3) is 4.98. The molecule has 0 N–H and O–H groups in total. The molecule has 4 nitrogen and oxygen atoms in total. The average molecular weight is 412 g/mol. The first kappa shape index (κ1) is 21.8. The normalized spacial score (nSPS) is 15.2. The lowest BCUT2D eigenvalue weighted by molar-refractivity contribution is 0.0724. The van der Waals surface area contributed by atoms with Crippen molar-refractivity contribution in [3.63, 3.8) is 0 Å². The molecule has 2 unspecified atom stereocenters. The van der Waals surface area contributed by atoms with Crippen LogP contribution in [0.1, 0.15) is 74.7 Å². The fraction of sp³-hybridized carbons (Fsp3) is 0.500. The highest BCUT2D eigenvalue weighted by atomic mass is 31.0. The Morgan fingerprint density at radius 1 is 1.21 bits per heavy atom. The zero-order valence-electron chi connectivity index (χ0n) is 18.0. The van der Waals surface area contributed by atoms with E-state index in [0.717, 1.165) is 73.3 Å². The van der Waals surface area contributed by atoms with Gasteiger partial charge in [-0.1, -0.05) is 39.0 Å². The molecule has 1 aromatic carbocycles. The molecule has 0 radical (unpaired) electrons. The Morgan fingerprint density at radius 3 is 2.59 bits per heavy atom. The molecule has 2 heterocycles. The van der Waals surface area contributed by atoms with Gasteiger partial charge in [-0.2, -0.15) is 0 Å². The van der Waals surface area contributed by atoms with Gasteiger partial charge in [-0.25, -0.2) is 4.98 Å². The summed E-state index contributed by atoms with van der Waals surface area (Å²) in [5.74, 6) is 1.44. The number of amides is 1. The van der Waals surface area contributed by atoms with Gasteiger partial charge in [0.1, 0.15) is 5.82 Å². The lowest BCUT2D eigenvalue weighted by Gasteiger charge is -2.30. The quantitative estimate of drug-likeness (QED) is 0.583. The average Bonchev–Trinajstić information content (AvgIpc) is 2.77. The van der Waals surface area contributed by atoms with Crippen molar-refractivity contribution in [2.24, 2.45) is 0 Å². The molecule has 1 aliphatic rings. The summed E-state index contributed by atoms with van der Waals surface area (Å²) in [6, 6.07) is 10.5. The number of hydrogen-bond donors (Lipinski definition) is 0. The van der Waals surface area contributed by atoms with E-state index in [1.807, 2.05) is 4.90 Å². The molecule has 1 fully saturated rings. The summed E-state index contributed by atoms with van der Waals surface area (Å²) >= 11 is 0. The predicted octanol–water partition coefficient (Wildman–Crippen LogP) is 5.27. The van der Waals surface area contributed by atoms with Crippen molar-refractivity contribution >= 4 is 32.0 Å². The Hall–Kier alpha value is -1.93. The molecule has 0 spiro atoms. The second-order valence-electron chi connectivity index (χ2n) is 8.01. The molecule has 29 heavy (non-hydrogen) atoms. The molecule has 2 atom stereocenters. The fourth-order valence-corrected chi connectivity index (χ4v) is 4.34. The van der Waals surface area contributed by atoms with Crippen molar-refractivity contribution in [3.05, 3.63) is 47.7 Å². The highest BCUT2D eigenvalue weighted by molar-refractivity contribution is 7.28. The Labute approximate surface area is 177 Å². The Morgan fingerprint density at radius 2 is 1.93 bits per heavy atom. The summed E-state index contributed by atoms with van der Waals surface area (Å²) in [6.45, 7) is 9.23. The lowest BCUT2D eigenvalue weighted by atomic mass is 9.96. The van der Waals surface area contributed by atoms with Crippen molar-refractivity contribution in [1.29, 1.82) is 0 Å². The van der Waals surface area contributed by atoms with Gasteiger partial charge in [-0.3, -0.25) is 4.79 Å². The molecule has 0 aliphatic carbocycles. The number of anilines is 2. The van der Waals surface area contributed by atoms with Crippen LogP contribution in [0.5, 0.6) is 0 Å². The van der Waals surface area contributed by atoms with Crippen molar-refractivity contribution < 1.29 is 4.79 Å². The number of piperidine rings is 1. The van der Waals surface area contributed by atoms with Gasteiger partial charge in [0.15, 0.2) is 0 Å². The van der Waals surface area contributed by atoms with E-state index in [9.17, 15) is 4.79 Å². The van der Waals surface area contributed by atoms with Crippen molar-refractivity contribution in [3.8, 4) is 0 Å². The number of benzene rings is 1. The maximum Gasteiger partial charge on any atom is 0.255 e. The predicted molar refractivity (Wildman–Crippen MR) is 126 cm³/mol. The van der Waals surface area contributed by atoms with Gasteiger partial charge in [-0.15, -0.1) is 9.24 Å². The minimum absolute atomic E-state index is 0.127. The standard InChI is InChI=1S/C24H34N3OP/c1-4-13-27(21-11-7-8-12-22(21)29)23-20(18(3)5-2)16-19(17-25-23)24(28)26-14-9-6-10-15-26/h7-8,11-12,16-18H,4-6,9-10,13-15,29H2,1-3H3. The largest absolute Gasteiger partial charge is 0.339 e. The van der Waals surface area contributed by atoms with E-state index >= 15 is 0 Å². The summed E-state index contributed by atoms with van der Waals surface area (Å²) in [6.07, 6.45) is 7.24. The SMILES string of the molecule is CCCN(c1ccccc1P)c1ncc(C(=O)N2CCCCC2)cc1C(C)CC. The van der Waals surface area contributed by atoms with E-state index in [0.29, 0.717) is 5.92 Å². The van der Waals surface area contributed by atoms with Crippen LogP contribution in [0.2, 0.25) is 0 Å². The molecule has 3 rings (SSSR count). The summed E-state index contributed by atoms with van der Waals surface area (Å²) in [5.41, 5.74) is 3.05. The van der Waals surface area contributed by atoms with Gasteiger partial charge in [-0.05, 0) is 61.0 Å². The molecular formula is C24H34N3OP. The summed E-state index contributed by atoms with van der Waals surface area (Å²) in [4.78, 5) is 22.2. The van der Waals surface area contributed by atoms with Gasteiger partial charge in [0.05, 0.1) is 5.56 Å². The van der Waals surface area contributed by atoms with Crippen LogP contribution in [0.3, 0.4) is 0 Å². The van der Waals surface area contributed by atoms with E-state index < -0.39 is 0 Å². The molecular weight excluding hydrogens is 377 g/mol. The van der Waals surface area contributed by atoms with E-state index in [1.165, 1.54) is 6.42 Å². The molecule has 5 heteroatoms. The summed E-state index contributed by atoms with van der Waals surface area (Å²) < 4.78 is 0. The number of aromatic nitrogens is 1. The minimum Gasteiger partial charge on any atom is -0.339 e. The van der Waals surface area contributed by atoms with E-state index in [1.54, 1.807) is 6.20 Å². The van der Waals surface area contributed by atoms with Crippen LogP contribution in [0.4, 0.5) is 11.5 Å². The summed E-state index contributed by atoms with van der Waals surface area (Å²) in [7, 11) is 2.84. The summed E-state index contributed by atoms with van der Waals surface area (Å²) in [5, 5.41) is 1.16. The zero-order chi connectivity index (χ0) is 20.8. The van der Waals surface area contributed by atoms with Crippen LogP contribution >= 0.6 is 9.24 Å². The third-order valence-corrected chi connectivity index (χ3v) is 6.35. The fourth-order valence-electron chi connectivity index (χ4n) is 3.98. The second-order valence-corrected chi connectivity index (χ2v) is 8.63. The van der Waals surface area contributed by atoms with Crippen LogP contribution in [-0.2, 0) is 0 Å². The highest BCUT2D eigenvalue weighted by Gasteiger charge is 2.23.